The predicted octanol–water partition coefficient (Wildman–Crippen LogP) is 3.20. The molecule has 1 unspecified atom stereocenters. The maximum atomic E-state index is 13.1. The molecule has 170 valence electrons. The van der Waals surface area contributed by atoms with Crippen molar-refractivity contribution in [1.29, 1.82) is 0 Å². The van der Waals surface area contributed by atoms with Gasteiger partial charge in [-0.1, -0.05) is 43.3 Å². The van der Waals surface area contributed by atoms with Crippen molar-refractivity contribution in [3.05, 3.63) is 70.9 Å². The number of rotatable bonds is 9. The number of fused-ring (bicyclic) bond motifs is 1. The van der Waals surface area contributed by atoms with Gasteiger partial charge in [-0.05, 0) is 30.2 Å². The van der Waals surface area contributed by atoms with Gasteiger partial charge in [0.25, 0.3) is 0 Å². The Hall–Kier alpha value is -3.13. The van der Waals surface area contributed by atoms with E-state index in [9.17, 15) is 13.8 Å². The first-order valence-electron chi connectivity index (χ1n) is 10.3. The van der Waals surface area contributed by atoms with Gasteiger partial charge in [-0.15, -0.1) is 0 Å². The van der Waals surface area contributed by atoms with Crippen molar-refractivity contribution in [3.63, 3.8) is 0 Å². The molecule has 3 rings (SSSR count). The molecule has 1 aliphatic rings. The highest BCUT2D eigenvalue weighted by Gasteiger charge is 2.25. The van der Waals surface area contributed by atoms with Gasteiger partial charge in [0, 0.05) is 28.7 Å². The molecular weight excluding hydrogens is 430 g/mol. The number of ether oxygens (including phenoxy) is 3. The smallest absolute Gasteiger partial charge is 0.335 e. The summed E-state index contributed by atoms with van der Waals surface area (Å²) in [6, 6.07) is 14.9. The SMILES string of the molecule is CCS(=O)CC(=O)N(Cc1ccccc1)/C(C)=C(/Cc1ccc2c(c1)OCO2)C(=O)OC. The average molecular weight is 458 g/mol. The van der Waals surface area contributed by atoms with Crippen LogP contribution in [0.4, 0.5) is 0 Å². The largest absolute Gasteiger partial charge is 0.466 e. The zero-order valence-electron chi connectivity index (χ0n) is 18.5. The molecule has 0 radical (unpaired) electrons. The topological polar surface area (TPSA) is 82.1 Å². The molecule has 1 atom stereocenters. The number of hydrogen-bond donors (Lipinski definition) is 0. The van der Waals surface area contributed by atoms with E-state index >= 15 is 0 Å². The van der Waals surface area contributed by atoms with E-state index in [0.29, 0.717) is 28.5 Å². The second kappa shape index (κ2) is 10.9. The first-order chi connectivity index (χ1) is 15.4. The van der Waals surface area contributed by atoms with Gasteiger partial charge in [0.15, 0.2) is 11.5 Å². The second-order valence-electron chi connectivity index (χ2n) is 7.26. The average Bonchev–Trinajstić information content (AvgIpc) is 3.28. The number of benzene rings is 2. The van der Waals surface area contributed by atoms with Crippen LogP contribution in [0.25, 0.3) is 0 Å². The van der Waals surface area contributed by atoms with Crippen LogP contribution in [0.3, 0.4) is 0 Å². The Morgan fingerprint density at radius 2 is 1.78 bits per heavy atom. The van der Waals surface area contributed by atoms with E-state index < -0.39 is 16.8 Å². The summed E-state index contributed by atoms with van der Waals surface area (Å²) >= 11 is 0. The van der Waals surface area contributed by atoms with Crippen LogP contribution < -0.4 is 9.47 Å². The molecule has 0 aliphatic carbocycles. The van der Waals surface area contributed by atoms with Crippen molar-refractivity contribution in [2.75, 3.05) is 25.4 Å². The summed E-state index contributed by atoms with van der Waals surface area (Å²) < 4.78 is 27.9. The third kappa shape index (κ3) is 5.76. The fourth-order valence-corrected chi connectivity index (χ4v) is 4.00. The number of methoxy groups -OCH3 is 1. The number of hydrogen-bond acceptors (Lipinski definition) is 6. The monoisotopic (exact) mass is 457 g/mol. The first kappa shape index (κ1) is 23.5. The summed E-state index contributed by atoms with van der Waals surface area (Å²) in [5.41, 5.74) is 2.53. The normalized spacial score (nSPS) is 13.8. The van der Waals surface area contributed by atoms with Gasteiger partial charge >= 0.3 is 5.97 Å². The molecule has 0 aromatic heterocycles. The summed E-state index contributed by atoms with van der Waals surface area (Å²) in [4.78, 5) is 27.3. The molecule has 2 aromatic rings. The molecule has 0 spiro atoms. The molecule has 1 aliphatic heterocycles. The van der Waals surface area contributed by atoms with E-state index in [4.69, 9.17) is 14.2 Å². The number of nitrogens with zero attached hydrogens (tertiary/aromatic N) is 1. The van der Waals surface area contributed by atoms with Crippen molar-refractivity contribution >= 4 is 22.7 Å². The van der Waals surface area contributed by atoms with Crippen molar-refractivity contribution in [1.82, 2.24) is 4.90 Å². The minimum absolute atomic E-state index is 0.112. The van der Waals surface area contributed by atoms with Crippen LogP contribution in [0.2, 0.25) is 0 Å². The van der Waals surface area contributed by atoms with Gasteiger partial charge in [0.2, 0.25) is 12.7 Å². The fraction of sp³-hybridized carbons (Fsp3) is 0.333. The highest BCUT2D eigenvalue weighted by atomic mass is 32.2. The first-order valence-corrected chi connectivity index (χ1v) is 11.8. The number of esters is 1. The van der Waals surface area contributed by atoms with Gasteiger partial charge in [-0.25, -0.2) is 4.79 Å². The van der Waals surface area contributed by atoms with Crippen LogP contribution in [0.5, 0.6) is 11.5 Å². The molecular formula is C24H27NO6S. The number of allylic oxidation sites excluding steroid dienone is 1. The minimum Gasteiger partial charge on any atom is -0.466 e. The molecule has 2 aromatic carbocycles. The van der Waals surface area contributed by atoms with Gasteiger partial charge in [-0.3, -0.25) is 9.00 Å². The Balaban J connectivity index is 1.98. The molecule has 8 heteroatoms. The lowest BCUT2D eigenvalue weighted by Crippen LogP contribution is -2.34. The van der Waals surface area contributed by atoms with Crippen LogP contribution >= 0.6 is 0 Å². The van der Waals surface area contributed by atoms with Crippen molar-refractivity contribution in [3.8, 4) is 11.5 Å². The Kier molecular flexibility index (Phi) is 8.05. The third-order valence-corrected chi connectivity index (χ3v) is 6.40. The van der Waals surface area contributed by atoms with Gasteiger partial charge in [-0.2, -0.15) is 0 Å². The lowest BCUT2D eigenvalue weighted by atomic mass is 10.0. The van der Waals surface area contributed by atoms with E-state index in [0.717, 1.165) is 11.1 Å². The molecule has 0 saturated heterocycles. The van der Waals surface area contributed by atoms with E-state index in [1.165, 1.54) is 12.0 Å². The van der Waals surface area contributed by atoms with Crippen LogP contribution in [-0.2, 0) is 38.1 Å². The van der Waals surface area contributed by atoms with Crippen LogP contribution in [0.15, 0.2) is 59.8 Å². The molecule has 0 N–H and O–H groups in total. The van der Waals surface area contributed by atoms with Crippen molar-refractivity contribution < 1.29 is 28.0 Å². The Morgan fingerprint density at radius 1 is 1.06 bits per heavy atom. The maximum Gasteiger partial charge on any atom is 0.335 e. The molecule has 1 heterocycles. The summed E-state index contributed by atoms with van der Waals surface area (Å²) in [5.74, 6) is 0.701. The van der Waals surface area contributed by atoms with E-state index in [1.807, 2.05) is 42.5 Å². The molecule has 0 saturated carbocycles. The molecule has 1 amide bonds. The summed E-state index contributed by atoms with van der Waals surface area (Å²) in [6.45, 7) is 3.90. The van der Waals surface area contributed by atoms with Crippen molar-refractivity contribution in [2.24, 2.45) is 0 Å². The summed E-state index contributed by atoms with van der Waals surface area (Å²) in [6.07, 6.45) is 0.241. The number of carbonyl (C=O) groups is 2. The van der Waals surface area contributed by atoms with Crippen molar-refractivity contribution in [2.45, 2.75) is 26.8 Å². The van der Waals surface area contributed by atoms with Gasteiger partial charge < -0.3 is 19.1 Å². The van der Waals surface area contributed by atoms with Gasteiger partial charge in [0.1, 0.15) is 5.75 Å². The van der Waals surface area contributed by atoms with E-state index in [2.05, 4.69) is 0 Å². The molecule has 7 nitrogen and oxygen atoms in total. The Morgan fingerprint density at radius 3 is 2.47 bits per heavy atom. The lowest BCUT2D eigenvalue weighted by Gasteiger charge is -2.26. The quantitative estimate of drug-likeness (QED) is 0.425. The Bertz CT molecular complexity index is 1030. The van der Waals surface area contributed by atoms with Crippen LogP contribution in [0.1, 0.15) is 25.0 Å². The number of carbonyl (C=O) groups excluding carboxylic acids is 2. The minimum atomic E-state index is -1.28. The molecule has 0 fully saturated rings. The second-order valence-corrected chi connectivity index (χ2v) is 9.00. The van der Waals surface area contributed by atoms with E-state index in [1.54, 1.807) is 19.9 Å². The van der Waals surface area contributed by atoms with Crippen LogP contribution in [0, 0.1) is 0 Å². The maximum absolute atomic E-state index is 13.1. The molecule has 0 bridgehead atoms. The Labute approximate surface area is 190 Å². The highest BCUT2D eigenvalue weighted by Crippen LogP contribution is 2.33. The molecule has 32 heavy (non-hydrogen) atoms. The zero-order valence-corrected chi connectivity index (χ0v) is 19.3. The highest BCUT2D eigenvalue weighted by molar-refractivity contribution is 7.85. The van der Waals surface area contributed by atoms with Crippen LogP contribution in [-0.4, -0.2) is 46.4 Å². The standard InChI is InChI=1S/C24H27NO6S/c1-4-32(28)15-23(26)25(14-18-8-6-5-7-9-18)17(2)20(24(27)29-3)12-19-10-11-21-22(13-19)31-16-30-21/h5-11,13H,4,12,14-16H2,1-3H3/b20-17-. The lowest BCUT2D eigenvalue weighted by molar-refractivity contribution is -0.136. The van der Waals surface area contributed by atoms with E-state index in [-0.39, 0.29) is 31.4 Å². The predicted molar refractivity (Wildman–Crippen MR) is 122 cm³/mol. The fourth-order valence-electron chi connectivity index (χ4n) is 3.37. The third-order valence-electron chi connectivity index (χ3n) is 5.18. The zero-order chi connectivity index (χ0) is 23.1. The summed E-state index contributed by atoms with van der Waals surface area (Å²) in [5, 5.41) is 0. The van der Waals surface area contributed by atoms with Gasteiger partial charge in [0.05, 0.1) is 19.2 Å². The summed E-state index contributed by atoms with van der Waals surface area (Å²) in [7, 11) is 0.0340. The number of amides is 1.